The number of aryl methyl sites for hydroxylation is 1. The van der Waals surface area contributed by atoms with E-state index in [-0.39, 0.29) is 0 Å². The largest absolute Gasteiger partial charge is 0.325 e. The van der Waals surface area contributed by atoms with Crippen molar-refractivity contribution in [3.8, 4) is 0 Å². The molecule has 2 N–H and O–H groups in total. The zero-order valence-corrected chi connectivity index (χ0v) is 7.69. The fourth-order valence-electron chi connectivity index (χ4n) is 0.951. The molecule has 3 nitrogen and oxygen atoms in total. The fraction of sp³-hybridized carbons (Fsp3) is 0.571. The molecule has 0 saturated carbocycles. The molecular weight excluding hydrogens is 158 g/mol. The Balaban J connectivity index is 2.86. The summed E-state index contributed by atoms with van der Waals surface area (Å²) in [4.78, 5) is 1.21. The third-order valence-corrected chi connectivity index (χ3v) is 2.46. The van der Waals surface area contributed by atoms with Crippen molar-refractivity contribution in [2.45, 2.75) is 18.4 Å². The summed E-state index contributed by atoms with van der Waals surface area (Å²) in [5.74, 6) is 1.07. The summed E-state index contributed by atoms with van der Waals surface area (Å²) in [6.45, 7) is 2.69. The van der Waals surface area contributed by atoms with Crippen molar-refractivity contribution in [2.75, 3.05) is 5.75 Å². The van der Waals surface area contributed by atoms with Crippen molar-refractivity contribution in [2.24, 2.45) is 12.8 Å². The van der Waals surface area contributed by atoms with Crippen LogP contribution in [0.15, 0.2) is 11.1 Å². The SMILES string of the molecule is CCSc1cnn(C)c1CN. The highest BCUT2D eigenvalue weighted by Gasteiger charge is 2.04. The topological polar surface area (TPSA) is 43.8 Å². The molecule has 1 heterocycles. The van der Waals surface area contributed by atoms with Crippen LogP contribution in [0.2, 0.25) is 0 Å². The Kier molecular flexibility index (Phi) is 2.96. The van der Waals surface area contributed by atoms with Crippen LogP contribution in [0.5, 0.6) is 0 Å². The van der Waals surface area contributed by atoms with E-state index in [4.69, 9.17) is 5.73 Å². The van der Waals surface area contributed by atoms with Gasteiger partial charge in [-0.05, 0) is 5.75 Å². The van der Waals surface area contributed by atoms with Gasteiger partial charge < -0.3 is 5.73 Å². The molecule has 0 aliphatic rings. The van der Waals surface area contributed by atoms with Crippen molar-refractivity contribution in [1.29, 1.82) is 0 Å². The van der Waals surface area contributed by atoms with Crippen LogP contribution in [0.4, 0.5) is 0 Å². The Morgan fingerprint density at radius 1 is 1.73 bits per heavy atom. The van der Waals surface area contributed by atoms with Crippen LogP contribution >= 0.6 is 11.8 Å². The lowest BCUT2D eigenvalue weighted by Crippen LogP contribution is -2.05. The van der Waals surface area contributed by atoms with Crippen molar-refractivity contribution < 1.29 is 0 Å². The average molecular weight is 171 g/mol. The van der Waals surface area contributed by atoms with Crippen LogP contribution in [-0.4, -0.2) is 15.5 Å². The predicted molar refractivity (Wildman–Crippen MR) is 47.5 cm³/mol. The molecule has 0 radical (unpaired) electrons. The van der Waals surface area contributed by atoms with E-state index in [0.717, 1.165) is 11.4 Å². The molecule has 0 amide bonds. The molecule has 0 saturated heterocycles. The summed E-state index contributed by atoms with van der Waals surface area (Å²) in [5.41, 5.74) is 6.67. The zero-order valence-electron chi connectivity index (χ0n) is 6.87. The molecular formula is C7H13N3S. The Hall–Kier alpha value is -0.480. The van der Waals surface area contributed by atoms with Gasteiger partial charge in [0.1, 0.15) is 0 Å². The lowest BCUT2D eigenvalue weighted by atomic mass is 10.4. The summed E-state index contributed by atoms with van der Waals surface area (Å²) in [6.07, 6.45) is 1.87. The minimum Gasteiger partial charge on any atom is -0.325 e. The van der Waals surface area contributed by atoms with E-state index in [0.29, 0.717) is 6.54 Å². The zero-order chi connectivity index (χ0) is 8.27. The Morgan fingerprint density at radius 3 is 3.00 bits per heavy atom. The third-order valence-electron chi connectivity index (χ3n) is 1.52. The molecule has 0 bridgehead atoms. The van der Waals surface area contributed by atoms with Gasteiger partial charge in [0.2, 0.25) is 0 Å². The molecule has 1 aromatic heterocycles. The minimum atomic E-state index is 0.568. The number of aromatic nitrogens is 2. The van der Waals surface area contributed by atoms with Gasteiger partial charge in [-0.25, -0.2) is 0 Å². The van der Waals surface area contributed by atoms with Gasteiger partial charge in [0, 0.05) is 18.5 Å². The molecule has 62 valence electrons. The number of rotatable bonds is 3. The van der Waals surface area contributed by atoms with Gasteiger partial charge in [0.05, 0.1) is 11.9 Å². The first-order chi connectivity index (χ1) is 5.29. The smallest absolute Gasteiger partial charge is 0.0652 e. The minimum absolute atomic E-state index is 0.568. The number of nitrogens with two attached hydrogens (primary N) is 1. The number of thioether (sulfide) groups is 1. The van der Waals surface area contributed by atoms with Crippen LogP contribution in [0.25, 0.3) is 0 Å². The molecule has 0 aliphatic carbocycles. The Bertz CT molecular complexity index is 232. The highest BCUT2D eigenvalue weighted by atomic mass is 32.2. The van der Waals surface area contributed by atoms with E-state index in [2.05, 4.69) is 12.0 Å². The molecule has 0 aromatic carbocycles. The number of nitrogens with zero attached hydrogens (tertiary/aromatic N) is 2. The van der Waals surface area contributed by atoms with Crippen LogP contribution in [0, 0.1) is 0 Å². The first kappa shape index (κ1) is 8.62. The van der Waals surface area contributed by atoms with Crippen molar-refractivity contribution in [3.63, 3.8) is 0 Å². The van der Waals surface area contributed by atoms with Gasteiger partial charge in [0.25, 0.3) is 0 Å². The third kappa shape index (κ3) is 1.75. The molecule has 11 heavy (non-hydrogen) atoms. The Morgan fingerprint density at radius 2 is 2.45 bits per heavy atom. The second-order valence-corrected chi connectivity index (χ2v) is 3.52. The summed E-state index contributed by atoms with van der Waals surface area (Å²) < 4.78 is 1.83. The molecule has 1 rings (SSSR count). The molecule has 1 aromatic rings. The van der Waals surface area contributed by atoms with E-state index in [9.17, 15) is 0 Å². The van der Waals surface area contributed by atoms with E-state index in [1.165, 1.54) is 4.90 Å². The molecule has 0 aliphatic heterocycles. The van der Waals surface area contributed by atoms with Crippen LogP contribution in [0.3, 0.4) is 0 Å². The predicted octanol–water partition coefficient (Wildman–Crippen LogP) is 0.991. The standard InChI is InChI=1S/C7H13N3S/c1-3-11-7-5-9-10(2)6(7)4-8/h5H,3-4,8H2,1-2H3. The van der Waals surface area contributed by atoms with E-state index in [1.807, 2.05) is 17.9 Å². The summed E-state index contributed by atoms with van der Waals surface area (Å²) in [5, 5.41) is 4.12. The second-order valence-electron chi connectivity index (χ2n) is 2.22. The summed E-state index contributed by atoms with van der Waals surface area (Å²) >= 11 is 1.78. The van der Waals surface area contributed by atoms with Crippen LogP contribution in [0.1, 0.15) is 12.6 Å². The van der Waals surface area contributed by atoms with E-state index >= 15 is 0 Å². The normalized spacial score (nSPS) is 10.5. The molecule has 0 atom stereocenters. The fourth-order valence-corrected chi connectivity index (χ4v) is 1.77. The molecule has 0 spiro atoms. The lowest BCUT2D eigenvalue weighted by Gasteiger charge is -2.00. The quantitative estimate of drug-likeness (QED) is 0.690. The number of hydrogen-bond acceptors (Lipinski definition) is 3. The maximum absolute atomic E-state index is 5.55. The highest BCUT2D eigenvalue weighted by molar-refractivity contribution is 7.99. The van der Waals surface area contributed by atoms with Gasteiger partial charge >= 0.3 is 0 Å². The lowest BCUT2D eigenvalue weighted by molar-refractivity contribution is 0.707. The van der Waals surface area contributed by atoms with E-state index < -0.39 is 0 Å². The molecule has 0 fully saturated rings. The maximum atomic E-state index is 5.55. The maximum Gasteiger partial charge on any atom is 0.0652 e. The molecule has 4 heteroatoms. The summed E-state index contributed by atoms with van der Waals surface area (Å²) in [6, 6.07) is 0. The van der Waals surface area contributed by atoms with Gasteiger partial charge in [-0.2, -0.15) is 5.10 Å². The van der Waals surface area contributed by atoms with Crippen molar-refractivity contribution in [1.82, 2.24) is 9.78 Å². The van der Waals surface area contributed by atoms with Gasteiger partial charge in [-0.3, -0.25) is 4.68 Å². The highest BCUT2D eigenvalue weighted by Crippen LogP contribution is 2.20. The van der Waals surface area contributed by atoms with Crippen LogP contribution < -0.4 is 5.73 Å². The summed E-state index contributed by atoms with van der Waals surface area (Å²) in [7, 11) is 1.92. The number of hydrogen-bond donors (Lipinski definition) is 1. The van der Waals surface area contributed by atoms with Gasteiger partial charge in [-0.15, -0.1) is 11.8 Å². The second kappa shape index (κ2) is 3.78. The first-order valence-electron chi connectivity index (χ1n) is 3.63. The monoisotopic (exact) mass is 171 g/mol. The van der Waals surface area contributed by atoms with E-state index in [1.54, 1.807) is 11.8 Å². The molecule has 0 unspecified atom stereocenters. The first-order valence-corrected chi connectivity index (χ1v) is 4.62. The van der Waals surface area contributed by atoms with Crippen molar-refractivity contribution >= 4 is 11.8 Å². The van der Waals surface area contributed by atoms with Gasteiger partial charge in [-0.1, -0.05) is 6.92 Å². The average Bonchev–Trinajstić information content (AvgIpc) is 2.33. The van der Waals surface area contributed by atoms with Crippen molar-refractivity contribution in [3.05, 3.63) is 11.9 Å². The Labute approximate surface area is 71.0 Å². The van der Waals surface area contributed by atoms with Gasteiger partial charge in [0.15, 0.2) is 0 Å². The van der Waals surface area contributed by atoms with Crippen LogP contribution in [-0.2, 0) is 13.6 Å².